The minimum absolute atomic E-state index is 0.106. The molecule has 0 aliphatic rings. The predicted molar refractivity (Wildman–Crippen MR) is 61.7 cm³/mol. The number of aryl methyl sites for hydroxylation is 1. The average Bonchev–Trinajstić information content (AvgIpc) is 2.13. The first-order valence-electron chi connectivity index (χ1n) is 3.92. The number of hydrogen-bond donors (Lipinski definition) is 0. The van der Waals surface area contributed by atoms with Gasteiger partial charge in [0.15, 0.2) is 5.78 Å². The maximum absolute atomic E-state index is 11.4. The molecule has 0 aliphatic heterocycles. The van der Waals surface area contributed by atoms with E-state index in [4.69, 9.17) is 0 Å². The molecule has 0 bridgehead atoms. The number of Topliss-reactive ketones (excluding diaryl/α,β-unsaturated/α-hetero) is 1. The minimum Gasteiger partial charge on any atom is -0.293 e. The molecule has 70 valence electrons. The maximum Gasteiger partial charge on any atom is 0.174 e. The van der Waals surface area contributed by atoms with Gasteiger partial charge in [0.05, 0.1) is 5.33 Å². The third kappa shape index (κ3) is 2.20. The fourth-order valence-electron chi connectivity index (χ4n) is 1.07. The molecule has 0 aromatic heterocycles. The van der Waals surface area contributed by atoms with E-state index >= 15 is 0 Å². The molecule has 0 radical (unpaired) electrons. The molecule has 0 atom stereocenters. The van der Waals surface area contributed by atoms with Crippen molar-refractivity contribution in [2.24, 2.45) is 0 Å². The van der Waals surface area contributed by atoms with Gasteiger partial charge in [-0.3, -0.25) is 4.79 Å². The lowest BCUT2D eigenvalue weighted by atomic mass is 10.0. The van der Waals surface area contributed by atoms with Crippen LogP contribution >= 0.6 is 31.9 Å². The fourth-order valence-corrected chi connectivity index (χ4v) is 2.04. The van der Waals surface area contributed by atoms with Crippen molar-refractivity contribution in [3.05, 3.63) is 33.3 Å². The Balaban J connectivity index is 3.26. The molecule has 3 heteroatoms. The number of ketones is 1. The third-order valence-electron chi connectivity index (χ3n) is 2.08. The van der Waals surface area contributed by atoms with Crippen LogP contribution in [-0.4, -0.2) is 11.1 Å². The minimum atomic E-state index is 0.106. The van der Waals surface area contributed by atoms with Gasteiger partial charge in [0.1, 0.15) is 0 Å². The summed E-state index contributed by atoms with van der Waals surface area (Å²) in [6, 6.07) is 3.83. The predicted octanol–water partition coefficient (Wildman–Crippen LogP) is 3.64. The molecule has 1 aromatic carbocycles. The van der Waals surface area contributed by atoms with Crippen LogP contribution in [0.1, 0.15) is 21.5 Å². The molecule has 1 rings (SSSR count). The van der Waals surface area contributed by atoms with Crippen LogP contribution in [0.3, 0.4) is 0 Å². The molecule has 0 spiro atoms. The van der Waals surface area contributed by atoms with Gasteiger partial charge in [-0.05, 0) is 47.0 Å². The lowest BCUT2D eigenvalue weighted by molar-refractivity contribution is 0.102. The van der Waals surface area contributed by atoms with E-state index in [0.29, 0.717) is 5.33 Å². The Morgan fingerprint density at radius 2 is 2.00 bits per heavy atom. The number of benzene rings is 1. The molecular formula is C10H10Br2O. The molecule has 0 heterocycles. The Hall–Kier alpha value is -0.150. The van der Waals surface area contributed by atoms with Gasteiger partial charge < -0.3 is 0 Å². The van der Waals surface area contributed by atoms with Gasteiger partial charge in [-0.25, -0.2) is 0 Å². The number of hydrogen-bond acceptors (Lipinski definition) is 1. The molecular weight excluding hydrogens is 296 g/mol. The van der Waals surface area contributed by atoms with Crippen molar-refractivity contribution in [3.63, 3.8) is 0 Å². The second-order valence-corrected chi connectivity index (χ2v) is 4.28. The lowest BCUT2D eigenvalue weighted by Gasteiger charge is -2.07. The van der Waals surface area contributed by atoms with Gasteiger partial charge in [0, 0.05) is 10.0 Å². The van der Waals surface area contributed by atoms with E-state index in [1.165, 1.54) is 5.56 Å². The van der Waals surface area contributed by atoms with Gasteiger partial charge in [-0.1, -0.05) is 22.0 Å². The van der Waals surface area contributed by atoms with Crippen molar-refractivity contribution in [1.29, 1.82) is 0 Å². The quantitative estimate of drug-likeness (QED) is 0.602. The van der Waals surface area contributed by atoms with Gasteiger partial charge in [-0.15, -0.1) is 0 Å². The zero-order valence-electron chi connectivity index (χ0n) is 7.53. The zero-order chi connectivity index (χ0) is 10.0. The maximum atomic E-state index is 11.4. The Labute approximate surface area is 94.8 Å². The standard InChI is InChI=1S/C10H10Br2O/c1-6-3-4-8(9(13)5-11)10(12)7(6)2/h3-4H,5H2,1-2H3. The van der Waals surface area contributed by atoms with Crippen molar-refractivity contribution in [3.8, 4) is 0 Å². The number of alkyl halides is 1. The van der Waals surface area contributed by atoms with Gasteiger partial charge in [-0.2, -0.15) is 0 Å². The molecule has 0 amide bonds. The van der Waals surface area contributed by atoms with Crippen molar-refractivity contribution in [2.75, 3.05) is 5.33 Å². The highest BCUT2D eigenvalue weighted by atomic mass is 79.9. The second-order valence-electron chi connectivity index (χ2n) is 2.93. The summed E-state index contributed by atoms with van der Waals surface area (Å²) in [6.07, 6.45) is 0. The number of rotatable bonds is 2. The molecule has 1 nitrogen and oxygen atoms in total. The molecule has 0 fully saturated rings. The normalized spacial score (nSPS) is 10.2. The number of carbonyl (C=O) groups excluding carboxylic acids is 1. The van der Waals surface area contributed by atoms with Crippen molar-refractivity contribution in [1.82, 2.24) is 0 Å². The highest BCUT2D eigenvalue weighted by molar-refractivity contribution is 9.10. The highest BCUT2D eigenvalue weighted by Gasteiger charge is 2.10. The topological polar surface area (TPSA) is 17.1 Å². The van der Waals surface area contributed by atoms with Crippen LogP contribution in [0.5, 0.6) is 0 Å². The summed E-state index contributed by atoms with van der Waals surface area (Å²) in [4.78, 5) is 11.4. The van der Waals surface area contributed by atoms with Crippen molar-refractivity contribution < 1.29 is 4.79 Å². The first-order chi connectivity index (χ1) is 6.07. The molecule has 0 N–H and O–H groups in total. The molecule has 0 saturated heterocycles. The smallest absolute Gasteiger partial charge is 0.174 e. The summed E-state index contributed by atoms with van der Waals surface area (Å²) in [5.41, 5.74) is 3.07. The summed E-state index contributed by atoms with van der Waals surface area (Å²) in [7, 11) is 0. The van der Waals surface area contributed by atoms with Crippen LogP contribution in [0.25, 0.3) is 0 Å². The molecule has 1 aromatic rings. The number of halogens is 2. The summed E-state index contributed by atoms with van der Waals surface area (Å²) in [6.45, 7) is 4.03. The number of carbonyl (C=O) groups is 1. The first kappa shape index (κ1) is 10.9. The molecule has 0 aliphatic carbocycles. The van der Waals surface area contributed by atoms with Crippen LogP contribution in [0.4, 0.5) is 0 Å². The lowest BCUT2D eigenvalue weighted by Crippen LogP contribution is -2.02. The average molecular weight is 306 g/mol. The summed E-state index contributed by atoms with van der Waals surface area (Å²) >= 11 is 6.59. The van der Waals surface area contributed by atoms with Crippen LogP contribution in [0.15, 0.2) is 16.6 Å². The van der Waals surface area contributed by atoms with E-state index in [-0.39, 0.29) is 5.78 Å². The molecule has 0 saturated carbocycles. The van der Waals surface area contributed by atoms with Crippen LogP contribution < -0.4 is 0 Å². The van der Waals surface area contributed by atoms with E-state index < -0.39 is 0 Å². The van der Waals surface area contributed by atoms with Gasteiger partial charge in [0.25, 0.3) is 0 Å². The third-order valence-corrected chi connectivity index (χ3v) is 3.61. The van der Waals surface area contributed by atoms with Crippen LogP contribution in [-0.2, 0) is 0 Å². The van der Waals surface area contributed by atoms with Crippen molar-refractivity contribution >= 4 is 37.6 Å². The summed E-state index contributed by atoms with van der Waals surface area (Å²) in [5, 5.41) is 0.369. The Bertz CT molecular complexity index is 345. The fraction of sp³-hybridized carbons (Fsp3) is 0.300. The summed E-state index contributed by atoms with van der Waals surface area (Å²) < 4.78 is 0.914. The van der Waals surface area contributed by atoms with Gasteiger partial charge >= 0.3 is 0 Å². The zero-order valence-corrected chi connectivity index (χ0v) is 10.7. The van der Waals surface area contributed by atoms with Gasteiger partial charge in [0.2, 0.25) is 0 Å². The van der Waals surface area contributed by atoms with E-state index in [0.717, 1.165) is 15.6 Å². The first-order valence-corrected chi connectivity index (χ1v) is 5.84. The summed E-state index contributed by atoms with van der Waals surface area (Å²) in [5.74, 6) is 0.106. The Kier molecular flexibility index (Phi) is 3.68. The van der Waals surface area contributed by atoms with Crippen molar-refractivity contribution in [2.45, 2.75) is 13.8 Å². The largest absolute Gasteiger partial charge is 0.293 e. The Morgan fingerprint density at radius 3 is 2.54 bits per heavy atom. The van der Waals surface area contributed by atoms with E-state index in [1.807, 2.05) is 26.0 Å². The van der Waals surface area contributed by atoms with E-state index in [1.54, 1.807) is 0 Å². The Morgan fingerprint density at radius 1 is 1.38 bits per heavy atom. The highest BCUT2D eigenvalue weighted by Crippen LogP contribution is 2.24. The second kappa shape index (κ2) is 4.38. The van der Waals surface area contributed by atoms with E-state index in [9.17, 15) is 4.79 Å². The van der Waals surface area contributed by atoms with Crippen LogP contribution in [0, 0.1) is 13.8 Å². The monoisotopic (exact) mass is 304 g/mol. The molecule has 13 heavy (non-hydrogen) atoms. The molecule has 0 unspecified atom stereocenters. The van der Waals surface area contributed by atoms with Crippen LogP contribution in [0.2, 0.25) is 0 Å². The van der Waals surface area contributed by atoms with E-state index in [2.05, 4.69) is 31.9 Å². The SMILES string of the molecule is Cc1ccc(C(=O)CBr)c(Br)c1C.